The smallest absolute Gasteiger partial charge is 0.306 e. The topological polar surface area (TPSA) is 78.9 Å². The second kappa shape index (κ2) is 50.3. The van der Waals surface area contributed by atoms with Gasteiger partial charge in [0.1, 0.15) is 13.2 Å². The summed E-state index contributed by atoms with van der Waals surface area (Å²) < 4.78 is 16.6. The van der Waals surface area contributed by atoms with Crippen LogP contribution in [0.2, 0.25) is 0 Å². The lowest BCUT2D eigenvalue weighted by Crippen LogP contribution is -2.30. The van der Waals surface area contributed by atoms with Gasteiger partial charge < -0.3 is 14.2 Å². The van der Waals surface area contributed by atoms with Crippen molar-refractivity contribution in [2.45, 2.75) is 284 Å². The van der Waals surface area contributed by atoms with Crippen molar-refractivity contribution in [2.24, 2.45) is 0 Å². The van der Waals surface area contributed by atoms with Gasteiger partial charge in [-0.1, -0.05) is 237 Å². The highest BCUT2D eigenvalue weighted by Crippen LogP contribution is 2.16. The number of unbranched alkanes of at least 4 members (excludes halogenated alkanes) is 31. The number of ether oxygens (including phenoxy) is 3. The lowest BCUT2D eigenvalue weighted by Gasteiger charge is -2.18. The van der Waals surface area contributed by atoms with E-state index in [2.05, 4.69) is 57.2 Å². The molecule has 0 aromatic rings. The molecule has 0 N–H and O–H groups in total. The highest BCUT2D eigenvalue weighted by molar-refractivity contribution is 5.71. The number of esters is 3. The minimum Gasteiger partial charge on any atom is -0.462 e. The van der Waals surface area contributed by atoms with Crippen LogP contribution in [-0.4, -0.2) is 37.2 Å². The zero-order valence-corrected chi connectivity index (χ0v) is 40.7. The molecule has 61 heavy (non-hydrogen) atoms. The van der Waals surface area contributed by atoms with Crippen molar-refractivity contribution in [3.05, 3.63) is 36.5 Å². The van der Waals surface area contributed by atoms with Crippen LogP contribution in [0.25, 0.3) is 0 Å². The Morgan fingerprint density at radius 2 is 0.590 bits per heavy atom. The van der Waals surface area contributed by atoms with Gasteiger partial charge in [0.2, 0.25) is 0 Å². The molecule has 0 saturated heterocycles. The van der Waals surface area contributed by atoms with Crippen LogP contribution in [-0.2, 0) is 28.6 Å². The molecule has 0 aliphatic rings. The van der Waals surface area contributed by atoms with Crippen LogP contribution in [0.3, 0.4) is 0 Å². The van der Waals surface area contributed by atoms with E-state index in [4.69, 9.17) is 14.2 Å². The molecule has 0 heterocycles. The number of hydrogen-bond donors (Lipinski definition) is 0. The Bertz CT molecular complexity index is 1030. The molecule has 0 rings (SSSR count). The lowest BCUT2D eigenvalue weighted by molar-refractivity contribution is -0.167. The van der Waals surface area contributed by atoms with E-state index in [1.165, 1.54) is 161 Å². The second-order valence-electron chi connectivity index (χ2n) is 17.8. The monoisotopic (exact) mass is 857 g/mol. The van der Waals surface area contributed by atoms with Crippen LogP contribution in [0.15, 0.2) is 36.5 Å². The van der Waals surface area contributed by atoms with Crippen molar-refractivity contribution >= 4 is 17.9 Å². The molecule has 0 spiro atoms. The van der Waals surface area contributed by atoms with Crippen LogP contribution in [0, 0.1) is 0 Å². The van der Waals surface area contributed by atoms with E-state index in [1.54, 1.807) is 0 Å². The molecule has 1 atom stereocenters. The van der Waals surface area contributed by atoms with Gasteiger partial charge in [0.05, 0.1) is 0 Å². The number of carbonyl (C=O) groups excluding carboxylic acids is 3. The Balaban J connectivity index is 3.82. The summed E-state index contributed by atoms with van der Waals surface area (Å²) >= 11 is 0. The predicted octanol–water partition coefficient (Wildman–Crippen LogP) is 17.3. The molecule has 0 radical (unpaired) electrons. The van der Waals surface area contributed by atoms with Gasteiger partial charge in [0.15, 0.2) is 6.10 Å². The highest BCUT2D eigenvalue weighted by atomic mass is 16.6. The Kier molecular flexibility index (Phi) is 48.3. The van der Waals surface area contributed by atoms with E-state index in [0.717, 1.165) is 77.0 Å². The summed E-state index contributed by atoms with van der Waals surface area (Å²) in [5.74, 6) is -0.884. The van der Waals surface area contributed by atoms with Crippen LogP contribution in [0.4, 0.5) is 0 Å². The molecule has 6 heteroatoms. The first kappa shape index (κ1) is 58.6. The Morgan fingerprint density at radius 1 is 0.328 bits per heavy atom. The first-order chi connectivity index (χ1) is 30.0. The molecular weight excluding hydrogens is 757 g/mol. The van der Waals surface area contributed by atoms with Crippen molar-refractivity contribution in [1.29, 1.82) is 0 Å². The maximum Gasteiger partial charge on any atom is 0.306 e. The second-order valence-corrected chi connectivity index (χ2v) is 17.8. The van der Waals surface area contributed by atoms with Gasteiger partial charge in [-0.05, 0) is 57.8 Å². The Labute approximate surface area is 378 Å². The minimum absolute atomic E-state index is 0.0693. The van der Waals surface area contributed by atoms with E-state index in [9.17, 15) is 14.4 Å². The van der Waals surface area contributed by atoms with Crippen molar-refractivity contribution in [3.8, 4) is 0 Å². The van der Waals surface area contributed by atoms with E-state index >= 15 is 0 Å². The summed E-state index contributed by atoms with van der Waals surface area (Å²) in [4.78, 5) is 37.4. The minimum atomic E-state index is -0.761. The summed E-state index contributed by atoms with van der Waals surface area (Å²) in [6.07, 6.45) is 59.3. The third kappa shape index (κ3) is 48.5. The number of rotatable bonds is 48. The molecule has 0 aromatic carbocycles. The van der Waals surface area contributed by atoms with Gasteiger partial charge in [-0.15, -0.1) is 0 Å². The summed E-state index contributed by atoms with van der Waals surface area (Å²) in [5.41, 5.74) is 0. The molecule has 6 nitrogen and oxygen atoms in total. The molecule has 0 aromatic heterocycles. The van der Waals surface area contributed by atoms with Gasteiger partial charge in [-0.2, -0.15) is 0 Å². The summed E-state index contributed by atoms with van der Waals surface area (Å²) in [5, 5.41) is 0. The van der Waals surface area contributed by atoms with Crippen LogP contribution >= 0.6 is 0 Å². The zero-order valence-electron chi connectivity index (χ0n) is 40.7. The molecule has 0 amide bonds. The highest BCUT2D eigenvalue weighted by Gasteiger charge is 2.19. The van der Waals surface area contributed by atoms with E-state index in [0.29, 0.717) is 19.3 Å². The third-order valence-corrected chi connectivity index (χ3v) is 11.6. The molecule has 0 saturated carbocycles. The average Bonchev–Trinajstić information content (AvgIpc) is 3.26. The van der Waals surface area contributed by atoms with Crippen molar-refractivity contribution < 1.29 is 28.6 Å². The first-order valence-corrected chi connectivity index (χ1v) is 26.5. The van der Waals surface area contributed by atoms with Crippen LogP contribution in [0.1, 0.15) is 278 Å². The maximum atomic E-state index is 12.6. The largest absolute Gasteiger partial charge is 0.462 e. The Morgan fingerprint density at radius 3 is 0.918 bits per heavy atom. The molecule has 356 valence electrons. The van der Waals surface area contributed by atoms with Crippen molar-refractivity contribution in [2.75, 3.05) is 13.2 Å². The molecular formula is C55H100O6. The van der Waals surface area contributed by atoms with E-state index in [1.807, 2.05) is 0 Å². The molecule has 0 fully saturated rings. The van der Waals surface area contributed by atoms with E-state index < -0.39 is 6.10 Å². The molecule has 0 aliphatic carbocycles. The van der Waals surface area contributed by atoms with Gasteiger partial charge >= 0.3 is 17.9 Å². The van der Waals surface area contributed by atoms with Gasteiger partial charge in [-0.25, -0.2) is 0 Å². The van der Waals surface area contributed by atoms with Gasteiger partial charge in [0.25, 0.3) is 0 Å². The van der Waals surface area contributed by atoms with Crippen molar-refractivity contribution in [3.63, 3.8) is 0 Å². The first-order valence-electron chi connectivity index (χ1n) is 26.5. The van der Waals surface area contributed by atoms with Crippen LogP contribution in [0.5, 0.6) is 0 Å². The van der Waals surface area contributed by atoms with Gasteiger partial charge in [-0.3, -0.25) is 14.4 Å². The normalized spacial score (nSPS) is 12.2. The fraction of sp³-hybridized carbons (Fsp3) is 0.836. The summed E-state index contributed by atoms with van der Waals surface area (Å²) in [6, 6.07) is 0. The number of hydrogen-bond acceptors (Lipinski definition) is 6. The quantitative estimate of drug-likeness (QED) is 0.0262. The molecule has 0 bridgehead atoms. The zero-order chi connectivity index (χ0) is 44.4. The fourth-order valence-electron chi connectivity index (χ4n) is 7.63. The van der Waals surface area contributed by atoms with Gasteiger partial charge in [0, 0.05) is 19.3 Å². The standard InChI is InChI=1S/C55H100O6/c1-4-7-10-13-15-16-17-18-19-20-21-22-23-24-25-26-27-28-29-30-31-32-33-34-35-36-37-38-40-42-45-48-54(57)60-51-52(50-59-53(56)47-44-41-12-9-6-3)61-55(58)49-46-43-39-14-11-8-5-2/h17-18,20-21,23-24,52H,4-16,19,22,25-51H2,1-3H3/b18-17-,21-20-,24-23-. The summed E-state index contributed by atoms with van der Waals surface area (Å²) in [7, 11) is 0. The van der Waals surface area contributed by atoms with Crippen LogP contribution < -0.4 is 0 Å². The van der Waals surface area contributed by atoms with Crippen molar-refractivity contribution in [1.82, 2.24) is 0 Å². The predicted molar refractivity (Wildman–Crippen MR) is 261 cm³/mol. The maximum absolute atomic E-state index is 12.6. The molecule has 0 aliphatic heterocycles. The fourth-order valence-corrected chi connectivity index (χ4v) is 7.63. The number of carbonyl (C=O) groups is 3. The SMILES string of the molecule is CCCCCCC/C=C\C/C=C\C/C=C\CCCCCCCCCCCCCCCCCCC(=O)OCC(COC(=O)CCCCCCC)OC(=O)CCCCCCCCC. The number of allylic oxidation sites excluding steroid dienone is 6. The summed E-state index contributed by atoms with van der Waals surface area (Å²) in [6.45, 7) is 6.51. The lowest BCUT2D eigenvalue weighted by atomic mass is 10.0. The Hall–Kier alpha value is -2.37. The third-order valence-electron chi connectivity index (χ3n) is 11.6. The molecule has 1 unspecified atom stereocenters. The van der Waals surface area contributed by atoms with E-state index in [-0.39, 0.29) is 31.1 Å². The average molecular weight is 857 g/mol.